The van der Waals surface area contributed by atoms with Gasteiger partial charge in [-0.2, -0.15) is 5.26 Å². The van der Waals surface area contributed by atoms with E-state index in [2.05, 4.69) is 16.3 Å². The molecule has 0 radical (unpaired) electrons. The molecule has 1 aliphatic heterocycles. The van der Waals surface area contributed by atoms with Gasteiger partial charge < -0.3 is 11.1 Å². The molecule has 1 aromatic heterocycles. The molecular weight excluding hydrogens is 568 g/mol. The highest BCUT2D eigenvalue weighted by molar-refractivity contribution is 8.01. The Morgan fingerprint density at radius 2 is 1.85 bits per heavy atom. The Hall–Kier alpha value is -4.22. The fourth-order valence-electron chi connectivity index (χ4n) is 4.62. The molecule has 40 heavy (non-hydrogen) atoms. The van der Waals surface area contributed by atoms with E-state index in [9.17, 15) is 32.4 Å². The highest BCUT2D eigenvalue weighted by atomic mass is 32.2. The highest BCUT2D eigenvalue weighted by Crippen LogP contribution is 2.47. The number of amides is 1. The lowest BCUT2D eigenvalue weighted by Crippen LogP contribution is -2.38. The van der Waals surface area contributed by atoms with Crippen LogP contribution in [0.1, 0.15) is 30.7 Å². The Balaban J connectivity index is 1.40. The van der Waals surface area contributed by atoms with E-state index >= 15 is 0 Å². The Labute approximate surface area is 233 Å². The summed E-state index contributed by atoms with van der Waals surface area (Å²) in [5.41, 5.74) is 7.30. The number of rotatable bonds is 6. The van der Waals surface area contributed by atoms with Crippen LogP contribution in [0.25, 0.3) is 0 Å². The van der Waals surface area contributed by atoms with Crippen molar-refractivity contribution in [3.8, 4) is 6.07 Å². The summed E-state index contributed by atoms with van der Waals surface area (Å²) in [6.07, 6.45) is 1.42. The number of allylic oxidation sites excluding steroid dienone is 3. The van der Waals surface area contributed by atoms with Crippen LogP contribution in [0, 0.1) is 34.6 Å². The fraction of sp³-hybridized carbons (Fsp3) is 0.192. The van der Waals surface area contributed by atoms with Gasteiger partial charge >= 0.3 is 0 Å². The van der Waals surface area contributed by atoms with E-state index in [1.54, 1.807) is 0 Å². The fourth-order valence-corrected chi connectivity index (χ4v) is 6.30. The van der Waals surface area contributed by atoms with E-state index in [1.807, 2.05) is 35.6 Å². The molecule has 0 saturated carbocycles. The van der Waals surface area contributed by atoms with E-state index in [1.165, 1.54) is 4.90 Å². The summed E-state index contributed by atoms with van der Waals surface area (Å²) < 4.78 is 54.9. The van der Waals surface area contributed by atoms with Crippen LogP contribution in [0.3, 0.4) is 0 Å². The Morgan fingerprint density at radius 3 is 2.52 bits per heavy atom. The molecule has 2 aromatic carbocycles. The summed E-state index contributed by atoms with van der Waals surface area (Å²) in [4.78, 5) is 27.0. The number of nitrogens with two attached hydrogens (primary N) is 1. The van der Waals surface area contributed by atoms with Crippen LogP contribution in [-0.2, 0) is 9.59 Å². The number of carbonyl (C=O) groups is 2. The maximum Gasteiger partial charge on any atom is 0.234 e. The van der Waals surface area contributed by atoms with Gasteiger partial charge in [0.2, 0.25) is 11.0 Å². The molecule has 3 aromatic rings. The molecule has 1 aliphatic carbocycles. The molecule has 2 aliphatic rings. The van der Waals surface area contributed by atoms with Crippen LogP contribution in [-0.4, -0.2) is 27.6 Å². The van der Waals surface area contributed by atoms with Crippen molar-refractivity contribution < 1.29 is 27.2 Å². The first-order chi connectivity index (χ1) is 19.2. The summed E-state index contributed by atoms with van der Waals surface area (Å²) in [6, 6.07) is 11.3. The summed E-state index contributed by atoms with van der Waals surface area (Å²) >= 11 is 1.88. The molecule has 0 fully saturated rings. The number of ketones is 1. The first-order valence-corrected chi connectivity index (χ1v) is 13.6. The van der Waals surface area contributed by atoms with Gasteiger partial charge in [0.1, 0.15) is 11.5 Å². The number of Topliss-reactive ketones (excluding diaryl/α,β-unsaturated/α-hetero) is 1. The Kier molecular flexibility index (Phi) is 7.59. The second-order valence-electron chi connectivity index (χ2n) is 8.76. The third-order valence-electron chi connectivity index (χ3n) is 6.34. The van der Waals surface area contributed by atoms with Crippen LogP contribution in [0.2, 0.25) is 0 Å². The molecule has 14 heteroatoms. The predicted molar refractivity (Wildman–Crippen MR) is 140 cm³/mol. The van der Waals surface area contributed by atoms with E-state index in [4.69, 9.17) is 5.73 Å². The molecule has 1 unspecified atom stereocenters. The molecular formula is C26H18F4N6O2S2. The monoisotopic (exact) mass is 586 g/mol. The van der Waals surface area contributed by atoms with E-state index in [0.717, 1.165) is 28.7 Å². The largest absolute Gasteiger partial charge is 0.384 e. The molecule has 8 nitrogen and oxygen atoms in total. The van der Waals surface area contributed by atoms with Gasteiger partial charge in [0.05, 0.1) is 23.3 Å². The zero-order valence-electron chi connectivity index (χ0n) is 20.4. The standard InChI is InChI=1S/C26H18F4N6O2S2/c27-14-9-15(28)22(30)23(21(14)29)33-18(38)11-39-26-35-34-25(40-26)36-16-7-4-8-17(37)20(16)19(13(10-31)24(36)32)12-5-2-1-3-6-12/h1-3,5-6,9,19H,4,7-8,11,32H2,(H,33,38). The normalized spacial score (nSPS) is 17.1. The van der Waals surface area contributed by atoms with E-state index in [0.29, 0.717) is 30.5 Å². The minimum Gasteiger partial charge on any atom is -0.384 e. The van der Waals surface area contributed by atoms with Crippen molar-refractivity contribution in [3.63, 3.8) is 0 Å². The quantitative estimate of drug-likeness (QED) is 0.231. The van der Waals surface area contributed by atoms with Gasteiger partial charge in [-0.1, -0.05) is 53.4 Å². The van der Waals surface area contributed by atoms with Crippen molar-refractivity contribution in [3.05, 3.63) is 87.9 Å². The predicted octanol–water partition coefficient (Wildman–Crippen LogP) is 5.13. The molecule has 0 spiro atoms. The van der Waals surface area contributed by atoms with Gasteiger partial charge in [-0.3, -0.25) is 14.5 Å². The summed E-state index contributed by atoms with van der Waals surface area (Å²) in [5, 5.41) is 20.3. The Morgan fingerprint density at radius 1 is 1.15 bits per heavy atom. The lowest BCUT2D eigenvalue weighted by atomic mass is 9.76. The maximum atomic E-state index is 13.9. The van der Waals surface area contributed by atoms with Gasteiger partial charge in [0, 0.05) is 23.8 Å². The molecule has 3 N–H and O–H groups in total. The third kappa shape index (κ3) is 4.93. The van der Waals surface area contributed by atoms with Crippen molar-refractivity contribution in [1.82, 2.24) is 10.2 Å². The lowest BCUT2D eigenvalue weighted by Gasteiger charge is -2.38. The van der Waals surface area contributed by atoms with Crippen LogP contribution in [0.4, 0.5) is 28.4 Å². The smallest absolute Gasteiger partial charge is 0.234 e. The molecule has 5 rings (SSSR count). The van der Waals surface area contributed by atoms with Gasteiger partial charge in [-0.15, -0.1) is 10.2 Å². The lowest BCUT2D eigenvalue weighted by molar-refractivity contribution is -0.116. The number of nitriles is 1. The number of thioether (sulfide) groups is 1. The molecule has 2 heterocycles. The number of benzene rings is 2. The topological polar surface area (TPSA) is 125 Å². The molecule has 204 valence electrons. The minimum absolute atomic E-state index is 0.0408. The maximum absolute atomic E-state index is 13.9. The van der Waals surface area contributed by atoms with Gasteiger partial charge in [-0.25, -0.2) is 17.6 Å². The van der Waals surface area contributed by atoms with Crippen molar-refractivity contribution in [2.45, 2.75) is 29.5 Å². The van der Waals surface area contributed by atoms with E-state index in [-0.39, 0.29) is 32.7 Å². The number of nitrogens with zero attached hydrogens (tertiary/aromatic N) is 4. The summed E-state index contributed by atoms with van der Waals surface area (Å²) in [5.74, 6) is -8.71. The molecule has 0 saturated heterocycles. The summed E-state index contributed by atoms with van der Waals surface area (Å²) in [6.45, 7) is 0. The number of hydrogen-bond acceptors (Lipinski definition) is 9. The van der Waals surface area contributed by atoms with Crippen molar-refractivity contribution in [2.75, 3.05) is 16.0 Å². The van der Waals surface area contributed by atoms with Crippen LogP contribution < -0.4 is 16.0 Å². The molecule has 1 amide bonds. The van der Waals surface area contributed by atoms with Crippen molar-refractivity contribution >= 4 is 45.6 Å². The number of hydrogen-bond donors (Lipinski definition) is 2. The van der Waals surface area contributed by atoms with E-state index < -0.39 is 46.5 Å². The van der Waals surface area contributed by atoms with Crippen molar-refractivity contribution in [2.24, 2.45) is 5.73 Å². The van der Waals surface area contributed by atoms with Crippen LogP contribution in [0.15, 0.2) is 63.4 Å². The SMILES string of the molecule is N#CC1=C(N)N(c2nnc(SCC(=O)Nc3c(F)c(F)cc(F)c3F)s2)C2=C(C(=O)CCC2)C1c1ccccc1. The zero-order valence-corrected chi connectivity index (χ0v) is 22.0. The second kappa shape index (κ2) is 11.1. The van der Waals surface area contributed by atoms with Gasteiger partial charge in [0.15, 0.2) is 33.4 Å². The average molecular weight is 587 g/mol. The van der Waals surface area contributed by atoms with Gasteiger partial charge in [0.25, 0.3) is 0 Å². The molecule has 1 atom stereocenters. The minimum atomic E-state index is -1.73. The first kappa shape index (κ1) is 27.4. The van der Waals surface area contributed by atoms with Crippen molar-refractivity contribution in [1.29, 1.82) is 5.26 Å². The highest BCUT2D eigenvalue weighted by Gasteiger charge is 2.41. The van der Waals surface area contributed by atoms with Crippen LogP contribution in [0.5, 0.6) is 0 Å². The molecule has 0 bridgehead atoms. The second-order valence-corrected chi connectivity index (χ2v) is 10.9. The number of anilines is 2. The number of nitrogens with one attached hydrogen (secondary N) is 1. The number of halogens is 4. The van der Waals surface area contributed by atoms with Crippen LogP contribution >= 0.6 is 23.1 Å². The average Bonchev–Trinajstić information content (AvgIpc) is 3.41. The Bertz CT molecular complexity index is 1610. The number of carbonyl (C=O) groups excluding carboxylic acids is 2. The summed E-state index contributed by atoms with van der Waals surface area (Å²) in [7, 11) is 0. The number of aromatic nitrogens is 2. The first-order valence-electron chi connectivity index (χ1n) is 11.8. The third-order valence-corrected chi connectivity index (χ3v) is 8.38. The van der Waals surface area contributed by atoms with Gasteiger partial charge in [-0.05, 0) is 18.4 Å². The zero-order chi connectivity index (χ0) is 28.6.